The number of carbonyl (C=O) groups excluding carboxylic acids is 1. The Bertz CT molecular complexity index is 1070. The number of hydrogen-bond donors (Lipinski definition) is 1. The molecule has 1 heterocycles. The number of imidazole rings is 1. The van der Waals surface area contributed by atoms with Crippen molar-refractivity contribution in [2.45, 2.75) is 13.8 Å². The van der Waals surface area contributed by atoms with Gasteiger partial charge in [-0.2, -0.15) is 0 Å². The maximum absolute atomic E-state index is 14.4. The molecular formula is C20H16F2N2O3. The number of carboxylic acids is 1. The molecule has 3 aromatic rings. The second kappa shape index (κ2) is 6.75. The zero-order valence-electron chi connectivity index (χ0n) is 14.9. The number of aromatic nitrogens is 2. The van der Waals surface area contributed by atoms with Crippen molar-refractivity contribution in [1.82, 2.24) is 9.55 Å². The maximum atomic E-state index is 14.4. The van der Waals surface area contributed by atoms with E-state index in [1.165, 1.54) is 28.8 Å². The number of rotatable bonds is 4. The number of benzene rings is 2. The topological polar surface area (TPSA) is 72.2 Å². The van der Waals surface area contributed by atoms with Gasteiger partial charge >= 0.3 is 5.97 Å². The van der Waals surface area contributed by atoms with Gasteiger partial charge in [0.1, 0.15) is 11.6 Å². The number of ketones is 1. The molecule has 138 valence electrons. The van der Waals surface area contributed by atoms with Gasteiger partial charge in [0.05, 0.1) is 16.8 Å². The Morgan fingerprint density at radius 2 is 1.78 bits per heavy atom. The quantitative estimate of drug-likeness (QED) is 0.707. The predicted octanol–water partition coefficient (Wildman–Crippen LogP) is 3.91. The van der Waals surface area contributed by atoms with Crippen molar-refractivity contribution in [2.24, 2.45) is 7.05 Å². The van der Waals surface area contributed by atoms with E-state index < -0.39 is 23.4 Å². The molecule has 0 amide bonds. The molecule has 0 spiro atoms. The molecule has 0 aliphatic heterocycles. The van der Waals surface area contributed by atoms with Gasteiger partial charge in [-0.15, -0.1) is 0 Å². The molecule has 5 nitrogen and oxygen atoms in total. The first kappa shape index (κ1) is 18.4. The average molecular weight is 370 g/mol. The van der Waals surface area contributed by atoms with Gasteiger partial charge in [-0.3, -0.25) is 4.79 Å². The first-order valence-corrected chi connectivity index (χ1v) is 8.08. The van der Waals surface area contributed by atoms with E-state index in [0.29, 0.717) is 11.3 Å². The summed E-state index contributed by atoms with van der Waals surface area (Å²) in [5.41, 5.74) is 0.956. The van der Waals surface area contributed by atoms with E-state index >= 15 is 0 Å². The number of carbonyl (C=O) groups is 2. The molecule has 0 aliphatic carbocycles. The third-order valence-electron chi connectivity index (χ3n) is 4.50. The van der Waals surface area contributed by atoms with Crippen molar-refractivity contribution in [1.29, 1.82) is 0 Å². The number of carboxylic acid groups (broad SMARTS) is 1. The lowest BCUT2D eigenvalue weighted by Gasteiger charge is -2.06. The van der Waals surface area contributed by atoms with E-state index in [1.54, 1.807) is 27.0 Å². The largest absolute Gasteiger partial charge is 0.478 e. The Kier molecular flexibility index (Phi) is 4.61. The first-order chi connectivity index (χ1) is 12.7. The van der Waals surface area contributed by atoms with Crippen LogP contribution >= 0.6 is 0 Å². The highest BCUT2D eigenvalue weighted by atomic mass is 19.1. The van der Waals surface area contributed by atoms with Crippen LogP contribution in [0.5, 0.6) is 0 Å². The number of hydrogen-bond acceptors (Lipinski definition) is 3. The van der Waals surface area contributed by atoms with E-state index in [9.17, 15) is 18.4 Å². The second-order valence-electron chi connectivity index (χ2n) is 6.19. The fourth-order valence-corrected chi connectivity index (χ4v) is 2.91. The SMILES string of the molecule is Cc1cccc(F)c1C(=O)c1nc(-c2ccc(C(=O)O)cc2F)c(C)n1C. The van der Waals surface area contributed by atoms with E-state index in [-0.39, 0.29) is 28.2 Å². The van der Waals surface area contributed by atoms with Crippen molar-refractivity contribution in [3.05, 3.63) is 76.2 Å². The van der Waals surface area contributed by atoms with E-state index in [0.717, 1.165) is 6.07 Å². The second-order valence-corrected chi connectivity index (χ2v) is 6.19. The molecule has 0 atom stereocenters. The van der Waals surface area contributed by atoms with Crippen LogP contribution in [-0.4, -0.2) is 26.4 Å². The fourth-order valence-electron chi connectivity index (χ4n) is 2.91. The highest BCUT2D eigenvalue weighted by Gasteiger charge is 2.25. The van der Waals surface area contributed by atoms with Gasteiger partial charge in [0.25, 0.3) is 0 Å². The van der Waals surface area contributed by atoms with Gasteiger partial charge in [-0.25, -0.2) is 18.6 Å². The molecule has 0 fully saturated rings. The zero-order chi connectivity index (χ0) is 19.9. The molecule has 0 radical (unpaired) electrons. The molecule has 1 N–H and O–H groups in total. The molecule has 27 heavy (non-hydrogen) atoms. The number of aryl methyl sites for hydroxylation is 1. The summed E-state index contributed by atoms with van der Waals surface area (Å²) in [5, 5.41) is 8.96. The number of aromatic carboxylic acids is 1. The molecule has 0 saturated carbocycles. The van der Waals surface area contributed by atoms with Crippen LogP contribution in [-0.2, 0) is 7.05 Å². The van der Waals surface area contributed by atoms with Gasteiger partial charge in [-0.1, -0.05) is 12.1 Å². The predicted molar refractivity (Wildman–Crippen MR) is 94.9 cm³/mol. The van der Waals surface area contributed by atoms with Crippen molar-refractivity contribution in [3.8, 4) is 11.3 Å². The summed E-state index contributed by atoms with van der Waals surface area (Å²) in [7, 11) is 1.58. The van der Waals surface area contributed by atoms with Crippen molar-refractivity contribution >= 4 is 11.8 Å². The first-order valence-electron chi connectivity index (χ1n) is 8.08. The Morgan fingerprint density at radius 3 is 2.37 bits per heavy atom. The van der Waals surface area contributed by atoms with Gasteiger partial charge < -0.3 is 9.67 Å². The molecule has 0 unspecified atom stereocenters. The summed E-state index contributed by atoms with van der Waals surface area (Å²) in [6.45, 7) is 3.27. The molecule has 7 heteroatoms. The maximum Gasteiger partial charge on any atom is 0.335 e. The minimum absolute atomic E-state index is 0.0302. The summed E-state index contributed by atoms with van der Waals surface area (Å²) in [6, 6.07) is 7.79. The molecular weight excluding hydrogens is 354 g/mol. The van der Waals surface area contributed by atoms with Crippen molar-refractivity contribution < 1.29 is 23.5 Å². The summed E-state index contributed by atoms with van der Waals surface area (Å²) >= 11 is 0. The Morgan fingerprint density at radius 1 is 1.07 bits per heavy atom. The van der Waals surface area contributed by atoms with Crippen molar-refractivity contribution in [2.75, 3.05) is 0 Å². The minimum atomic E-state index is -1.25. The average Bonchev–Trinajstić information content (AvgIpc) is 2.90. The van der Waals surface area contributed by atoms with Crippen LogP contribution in [0, 0.1) is 25.5 Å². The summed E-state index contributed by atoms with van der Waals surface area (Å²) in [5.74, 6) is -3.30. The third kappa shape index (κ3) is 3.12. The fraction of sp³-hybridized carbons (Fsp3) is 0.150. The highest BCUT2D eigenvalue weighted by molar-refractivity contribution is 6.08. The molecule has 2 aromatic carbocycles. The van der Waals surface area contributed by atoms with Gasteiger partial charge in [0.15, 0.2) is 5.82 Å². The lowest BCUT2D eigenvalue weighted by Crippen LogP contribution is -2.13. The van der Waals surface area contributed by atoms with Crippen LogP contribution in [0.2, 0.25) is 0 Å². The Hall–Kier alpha value is -3.35. The highest BCUT2D eigenvalue weighted by Crippen LogP contribution is 2.28. The van der Waals surface area contributed by atoms with Crippen LogP contribution < -0.4 is 0 Å². The van der Waals surface area contributed by atoms with Gasteiger partial charge in [-0.05, 0) is 43.7 Å². The van der Waals surface area contributed by atoms with Gasteiger partial charge in [0, 0.05) is 18.3 Å². The lowest BCUT2D eigenvalue weighted by molar-refractivity contribution is 0.0696. The lowest BCUT2D eigenvalue weighted by atomic mass is 10.0. The van der Waals surface area contributed by atoms with E-state index in [2.05, 4.69) is 4.98 Å². The molecule has 0 bridgehead atoms. The van der Waals surface area contributed by atoms with Crippen molar-refractivity contribution in [3.63, 3.8) is 0 Å². The molecule has 0 aliphatic rings. The monoisotopic (exact) mass is 370 g/mol. The van der Waals surface area contributed by atoms with E-state index in [4.69, 9.17) is 5.11 Å². The third-order valence-corrected chi connectivity index (χ3v) is 4.50. The molecule has 1 aromatic heterocycles. The summed E-state index contributed by atoms with van der Waals surface area (Å²) in [4.78, 5) is 28.0. The van der Waals surface area contributed by atoms with E-state index in [1.807, 2.05) is 0 Å². The van der Waals surface area contributed by atoms with Crippen LogP contribution in [0.3, 0.4) is 0 Å². The zero-order valence-corrected chi connectivity index (χ0v) is 14.9. The van der Waals surface area contributed by atoms with Gasteiger partial charge in [0.2, 0.25) is 5.78 Å². The van der Waals surface area contributed by atoms with Crippen LogP contribution in [0.1, 0.15) is 37.8 Å². The van der Waals surface area contributed by atoms with Crippen LogP contribution in [0.15, 0.2) is 36.4 Å². The summed E-state index contributed by atoms with van der Waals surface area (Å²) < 4.78 is 30.0. The standard InChI is InChI=1S/C20H16F2N2O3/c1-10-5-4-6-14(21)16(10)18(25)19-23-17(11(2)24(19)3)13-8-7-12(20(26)27)9-15(13)22/h4-9H,1-3H3,(H,26,27). The van der Waals surface area contributed by atoms with Crippen LogP contribution in [0.25, 0.3) is 11.3 Å². The normalized spacial score (nSPS) is 10.9. The minimum Gasteiger partial charge on any atom is -0.478 e. The Labute approximate surface area is 153 Å². The smallest absolute Gasteiger partial charge is 0.335 e. The molecule has 0 saturated heterocycles. The Balaban J connectivity index is 2.13. The molecule has 3 rings (SSSR count). The summed E-state index contributed by atoms with van der Waals surface area (Å²) in [6.07, 6.45) is 0. The van der Waals surface area contributed by atoms with Crippen LogP contribution in [0.4, 0.5) is 8.78 Å². The number of nitrogens with zero attached hydrogens (tertiary/aromatic N) is 2. The number of halogens is 2.